The maximum atomic E-state index is 10.5. The van der Waals surface area contributed by atoms with Crippen molar-refractivity contribution in [2.45, 2.75) is 13.8 Å². The highest BCUT2D eigenvalue weighted by molar-refractivity contribution is 9.06. The third-order valence-corrected chi connectivity index (χ3v) is 3.11. The van der Waals surface area contributed by atoms with Crippen LogP contribution in [-0.2, 0) is 13.4 Å². The van der Waals surface area contributed by atoms with E-state index in [1.54, 1.807) is 0 Å². The first-order valence-corrected chi connectivity index (χ1v) is 4.73. The minimum Gasteiger partial charge on any atom is -0.199 e. The van der Waals surface area contributed by atoms with E-state index in [1.165, 1.54) is 0 Å². The lowest BCUT2D eigenvalue weighted by molar-refractivity contribution is 0.515. The Hall–Kier alpha value is 0.390. The SMILES string of the molecule is CC(C)CS(=O)(=O)OBr. The molecule has 0 aromatic carbocycles. The van der Waals surface area contributed by atoms with E-state index in [4.69, 9.17) is 0 Å². The largest absolute Gasteiger partial charge is 0.278 e. The van der Waals surface area contributed by atoms with Gasteiger partial charge in [-0.25, -0.2) is 0 Å². The summed E-state index contributed by atoms with van der Waals surface area (Å²) < 4.78 is 25.1. The van der Waals surface area contributed by atoms with Crippen LogP contribution in [0.25, 0.3) is 0 Å². The van der Waals surface area contributed by atoms with Crippen molar-refractivity contribution in [3.63, 3.8) is 0 Å². The van der Waals surface area contributed by atoms with Gasteiger partial charge in [0.05, 0.1) is 5.75 Å². The molecule has 0 bridgehead atoms. The van der Waals surface area contributed by atoms with E-state index < -0.39 is 10.1 Å². The molecular formula is C4H9BrO3S. The van der Waals surface area contributed by atoms with Crippen LogP contribution in [0.2, 0.25) is 0 Å². The minimum atomic E-state index is -3.30. The fourth-order valence-electron chi connectivity index (χ4n) is 0.434. The number of rotatable bonds is 3. The third kappa shape index (κ3) is 4.87. The molecule has 0 saturated carbocycles. The molecule has 0 aromatic heterocycles. The zero-order chi connectivity index (χ0) is 7.49. The van der Waals surface area contributed by atoms with Crippen LogP contribution in [0.5, 0.6) is 0 Å². The van der Waals surface area contributed by atoms with Gasteiger partial charge < -0.3 is 0 Å². The lowest BCUT2D eigenvalue weighted by Gasteiger charge is -2.00. The van der Waals surface area contributed by atoms with Gasteiger partial charge in [0.1, 0.15) is 16.3 Å². The summed E-state index contributed by atoms with van der Waals surface area (Å²) in [6.07, 6.45) is 0. The Morgan fingerprint density at radius 3 is 2.11 bits per heavy atom. The van der Waals surface area contributed by atoms with Crippen molar-refractivity contribution in [2.24, 2.45) is 5.92 Å². The maximum absolute atomic E-state index is 10.5. The van der Waals surface area contributed by atoms with Crippen molar-refractivity contribution in [2.75, 3.05) is 5.75 Å². The van der Waals surface area contributed by atoms with Gasteiger partial charge in [-0.15, -0.1) is 0 Å². The van der Waals surface area contributed by atoms with Crippen LogP contribution in [0, 0.1) is 5.92 Å². The van der Waals surface area contributed by atoms with E-state index in [0.29, 0.717) is 0 Å². The molecule has 5 heteroatoms. The highest BCUT2D eigenvalue weighted by Gasteiger charge is 2.11. The molecule has 0 N–H and O–H groups in total. The molecule has 0 spiro atoms. The second-order valence-electron chi connectivity index (χ2n) is 2.18. The molecule has 0 heterocycles. The summed E-state index contributed by atoms with van der Waals surface area (Å²) >= 11 is 2.41. The summed E-state index contributed by atoms with van der Waals surface area (Å²) in [5, 5.41) is 0. The van der Waals surface area contributed by atoms with E-state index in [9.17, 15) is 8.42 Å². The van der Waals surface area contributed by atoms with Crippen LogP contribution in [0.3, 0.4) is 0 Å². The van der Waals surface area contributed by atoms with Gasteiger partial charge in [-0.05, 0) is 5.92 Å². The first-order valence-electron chi connectivity index (χ1n) is 2.51. The van der Waals surface area contributed by atoms with Crippen LogP contribution in [0.15, 0.2) is 0 Å². The van der Waals surface area contributed by atoms with Gasteiger partial charge in [0.2, 0.25) is 0 Å². The zero-order valence-corrected chi connectivity index (χ0v) is 7.70. The summed E-state index contributed by atoms with van der Waals surface area (Å²) in [4.78, 5) is 0. The molecule has 56 valence electrons. The standard InChI is InChI=1S/C4H9BrO3S/c1-4(2)3-9(6,7)8-5/h4H,3H2,1-2H3. The molecule has 0 unspecified atom stereocenters. The highest BCUT2D eigenvalue weighted by Crippen LogP contribution is 2.04. The molecule has 0 aromatic rings. The van der Waals surface area contributed by atoms with Gasteiger partial charge in [-0.2, -0.15) is 11.7 Å². The molecule has 0 atom stereocenters. The molecule has 0 aliphatic rings. The fraction of sp³-hybridized carbons (Fsp3) is 1.00. The predicted molar refractivity (Wildman–Crippen MR) is 38.6 cm³/mol. The Morgan fingerprint density at radius 1 is 1.56 bits per heavy atom. The second-order valence-corrected chi connectivity index (χ2v) is 4.55. The topological polar surface area (TPSA) is 43.4 Å². The lowest BCUT2D eigenvalue weighted by atomic mass is 10.3. The summed E-state index contributed by atoms with van der Waals surface area (Å²) in [5.74, 6) is 0.158. The van der Waals surface area contributed by atoms with Crippen LogP contribution >= 0.6 is 16.3 Å². The summed E-state index contributed by atoms with van der Waals surface area (Å²) in [6, 6.07) is 0. The maximum Gasteiger partial charge on any atom is 0.278 e. The van der Waals surface area contributed by atoms with Gasteiger partial charge in [0, 0.05) is 0 Å². The van der Waals surface area contributed by atoms with Crippen molar-refractivity contribution in [3.05, 3.63) is 0 Å². The first kappa shape index (κ1) is 9.39. The van der Waals surface area contributed by atoms with Gasteiger partial charge in [0.25, 0.3) is 10.1 Å². The van der Waals surface area contributed by atoms with Crippen LogP contribution < -0.4 is 0 Å². The van der Waals surface area contributed by atoms with E-state index in [2.05, 4.69) is 19.5 Å². The average Bonchev–Trinajstić information content (AvgIpc) is 1.63. The fourth-order valence-corrected chi connectivity index (χ4v) is 1.63. The van der Waals surface area contributed by atoms with Crippen molar-refractivity contribution < 1.29 is 11.7 Å². The van der Waals surface area contributed by atoms with E-state index in [-0.39, 0.29) is 11.7 Å². The molecule has 0 radical (unpaired) electrons. The highest BCUT2D eigenvalue weighted by atomic mass is 79.9. The van der Waals surface area contributed by atoms with E-state index >= 15 is 0 Å². The van der Waals surface area contributed by atoms with Crippen LogP contribution in [0.1, 0.15) is 13.8 Å². The number of hydrogen-bond acceptors (Lipinski definition) is 3. The lowest BCUT2D eigenvalue weighted by Crippen LogP contribution is -2.10. The Balaban J connectivity index is 3.90. The molecule has 0 aliphatic carbocycles. The van der Waals surface area contributed by atoms with Crippen molar-refractivity contribution >= 4 is 26.4 Å². The van der Waals surface area contributed by atoms with Crippen molar-refractivity contribution in [1.82, 2.24) is 0 Å². The Kier molecular flexibility index (Phi) is 3.68. The smallest absolute Gasteiger partial charge is 0.199 e. The van der Waals surface area contributed by atoms with Crippen molar-refractivity contribution in [3.8, 4) is 0 Å². The van der Waals surface area contributed by atoms with E-state index in [1.807, 2.05) is 13.8 Å². The molecule has 0 saturated heterocycles. The van der Waals surface area contributed by atoms with Crippen LogP contribution in [-0.4, -0.2) is 14.2 Å². The first-order chi connectivity index (χ1) is 3.98. The van der Waals surface area contributed by atoms with Crippen LogP contribution in [0.4, 0.5) is 0 Å². The monoisotopic (exact) mass is 216 g/mol. The normalized spacial score (nSPS) is 12.4. The Labute approximate surface area is 64.0 Å². The molecule has 9 heavy (non-hydrogen) atoms. The molecule has 3 nitrogen and oxygen atoms in total. The molecule has 0 rings (SSSR count). The molecule has 0 amide bonds. The van der Waals surface area contributed by atoms with Gasteiger partial charge in [0.15, 0.2) is 0 Å². The Morgan fingerprint density at radius 2 is 2.00 bits per heavy atom. The van der Waals surface area contributed by atoms with E-state index in [0.717, 1.165) is 0 Å². The Bertz CT molecular complexity index is 161. The van der Waals surface area contributed by atoms with Crippen molar-refractivity contribution in [1.29, 1.82) is 0 Å². The van der Waals surface area contributed by atoms with Gasteiger partial charge >= 0.3 is 0 Å². The average molecular weight is 217 g/mol. The van der Waals surface area contributed by atoms with Gasteiger partial charge in [-0.3, -0.25) is 0 Å². The number of hydrogen-bond donors (Lipinski definition) is 0. The molecule has 0 fully saturated rings. The molecular weight excluding hydrogens is 208 g/mol. The molecule has 0 aliphatic heterocycles. The second kappa shape index (κ2) is 3.53. The predicted octanol–water partition coefficient (Wildman–Crippen LogP) is 1.30. The summed E-state index contributed by atoms with van der Waals surface area (Å²) in [7, 11) is -3.30. The summed E-state index contributed by atoms with van der Waals surface area (Å²) in [5.41, 5.74) is 0. The third-order valence-electron chi connectivity index (χ3n) is 0.633. The zero-order valence-electron chi connectivity index (χ0n) is 5.30. The summed E-state index contributed by atoms with van der Waals surface area (Å²) in [6.45, 7) is 3.62. The van der Waals surface area contributed by atoms with Gasteiger partial charge in [-0.1, -0.05) is 13.8 Å². The number of halogens is 1. The quantitative estimate of drug-likeness (QED) is 0.715. The minimum absolute atomic E-state index is 0.0538.